The van der Waals surface area contributed by atoms with Gasteiger partial charge in [0.15, 0.2) is 11.5 Å². The number of hydrogen-bond donors (Lipinski definition) is 4. The Morgan fingerprint density at radius 1 is 1.35 bits per heavy atom. The first kappa shape index (κ1) is 13.7. The van der Waals surface area contributed by atoms with Crippen LogP contribution in [0.15, 0.2) is 30.6 Å². The Morgan fingerprint density at radius 2 is 2.15 bits per heavy atom. The largest absolute Gasteiger partial charge is 0.504 e. The van der Waals surface area contributed by atoms with Gasteiger partial charge in [0.2, 0.25) is 5.91 Å². The van der Waals surface area contributed by atoms with E-state index < -0.39 is 0 Å². The first-order chi connectivity index (χ1) is 9.58. The smallest absolute Gasteiger partial charge is 0.241 e. The molecule has 7 heteroatoms. The van der Waals surface area contributed by atoms with Crippen LogP contribution in [0.4, 0.5) is 5.69 Å². The van der Waals surface area contributed by atoms with Gasteiger partial charge in [0.05, 0.1) is 11.9 Å². The van der Waals surface area contributed by atoms with Gasteiger partial charge in [0.1, 0.15) is 6.54 Å². The summed E-state index contributed by atoms with van der Waals surface area (Å²) in [6, 6.07) is 4.62. The Kier molecular flexibility index (Phi) is 4.09. The van der Waals surface area contributed by atoms with Crippen LogP contribution in [0.1, 0.15) is 5.56 Å². The van der Waals surface area contributed by atoms with Crippen molar-refractivity contribution >= 4 is 11.6 Å². The monoisotopic (exact) mass is 276 g/mol. The summed E-state index contributed by atoms with van der Waals surface area (Å²) in [6.07, 6.45) is 3.33. The number of nitrogens with zero attached hydrogens (tertiary/aromatic N) is 2. The number of hydrogen-bond acceptors (Lipinski definition) is 5. The molecule has 1 amide bonds. The molecule has 1 aromatic carbocycles. The molecule has 0 saturated carbocycles. The van der Waals surface area contributed by atoms with Gasteiger partial charge in [-0.3, -0.25) is 9.48 Å². The van der Waals surface area contributed by atoms with Gasteiger partial charge in [-0.05, 0) is 17.7 Å². The van der Waals surface area contributed by atoms with Crippen LogP contribution < -0.4 is 10.6 Å². The van der Waals surface area contributed by atoms with Crippen molar-refractivity contribution in [3.05, 3.63) is 36.2 Å². The van der Waals surface area contributed by atoms with E-state index in [0.29, 0.717) is 6.54 Å². The number of carbonyl (C=O) groups excluding carboxylic acids is 1. The molecule has 0 saturated heterocycles. The number of aromatic hydroxyl groups is 2. The number of phenols is 2. The van der Waals surface area contributed by atoms with E-state index in [1.807, 2.05) is 0 Å². The molecular weight excluding hydrogens is 260 g/mol. The Morgan fingerprint density at radius 3 is 2.85 bits per heavy atom. The van der Waals surface area contributed by atoms with Crippen LogP contribution >= 0.6 is 0 Å². The first-order valence-electron chi connectivity index (χ1n) is 6.06. The van der Waals surface area contributed by atoms with Crippen LogP contribution in [0.3, 0.4) is 0 Å². The summed E-state index contributed by atoms with van der Waals surface area (Å²) in [4.78, 5) is 11.2. The number of anilines is 1. The molecule has 0 bridgehead atoms. The highest BCUT2D eigenvalue weighted by atomic mass is 16.3. The van der Waals surface area contributed by atoms with E-state index in [0.717, 1.165) is 11.3 Å². The van der Waals surface area contributed by atoms with Crippen molar-refractivity contribution in [2.75, 3.05) is 12.4 Å². The zero-order chi connectivity index (χ0) is 14.5. The molecule has 0 radical (unpaired) electrons. The summed E-state index contributed by atoms with van der Waals surface area (Å²) in [7, 11) is 1.57. The third kappa shape index (κ3) is 3.41. The predicted octanol–water partition coefficient (Wildman–Crippen LogP) is 0.652. The van der Waals surface area contributed by atoms with Gasteiger partial charge in [-0.1, -0.05) is 6.07 Å². The van der Waals surface area contributed by atoms with Crippen molar-refractivity contribution in [2.45, 2.75) is 13.1 Å². The zero-order valence-corrected chi connectivity index (χ0v) is 11.0. The molecule has 0 aliphatic carbocycles. The normalized spacial score (nSPS) is 10.2. The summed E-state index contributed by atoms with van der Waals surface area (Å²) in [5, 5.41) is 28.3. The molecule has 2 aromatic rings. The van der Waals surface area contributed by atoms with Crippen molar-refractivity contribution in [1.29, 1.82) is 0 Å². The number of rotatable bonds is 5. The topological polar surface area (TPSA) is 99.4 Å². The second-order valence-electron chi connectivity index (χ2n) is 4.28. The highest BCUT2D eigenvalue weighted by molar-refractivity contribution is 5.75. The molecule has 2 rings (SSSR count). The van der Waals surface area contributed by atoms with Crippen molar-refractivity contribution in [2.24, 2.45) is 0 Å². The van der Waals surface area contributed by atoms with Gasteiger partial charge in [0.25, 0.3) is 0 Å². The molecule has 106 valence electrons. The molecule has 4 N–H and O–H groups in total. The van der Waals surface area contributed by atoms with Gasteiger partial charge in [-0.25, -0.2) is 0 Å². The van der Waals surface area contributed by atoms with E-state index >= 15 is 0 Å². The fourth-order valence-corrected chi connectivity index (χ4v) is 1.65. The first-order valence-corrected chi connectivity index (χ1v) is 6.06. The van der Waals surface area contributed by atoms with Crippen LogP contribution in [-0.4, -0.2) is 32.9 Å². The summed E-state index contributed by atoms with van der Waals surface area (Å²) >= 11 is 0. The molecule has 0 fully saturated rings. The van der Waals surface area contributed by atoms with E-state index in [1.165, 1.54) is 16.8 Å². The second-order valence-corrected chi connectivity index (χ2v) is 4.28. The number of benzene rings is 1. The van der Waals surface area contributed by atoms with E-state index in [9.17, 15) is 15.0 Å². The predicted molar refractivity (Wildman–Crippen MR) is 73.4 cm³/mol. The van der Waals surface area contributed by atoms with E-state index in [1.54, 1.807) is 25.5 Å². The summed E-state index contributed by atoms with van der Waals surface area (Å²) in [5.41, 5.74) is 1.58. The quantitative estimate of drug-likeness (QED) is 0.601. The molecule has 1 aromatic heterocycles. The van der Waals surface area contributed by atoms with Crippen molar-refractivity contribution in [3.63, 3.8) is 0 Å². The van der Waals surface area contributed by atoms with E-state index in [2.05, 4.69) is 15.7 Å². The van der Waals surface area contributed by atoms with Gasteiger partial charge >= 0.3 is 0 Å². The molecule has 0 spiro atoms. The molecule has 1 heterocycles. The molecular formula is C13H16N4O3. The Bertz CT molecular complexity index is 609. The number of likely N-dealkylation sites (N-methyl/N-ethyl adjacent to an activating group) is 1. The van der Waals surface area contributed by atoms with Crippen LogP contribution in [0.5, 0.6) is 11.5 Å². The third-order valence-electron chi connectivity index (χ3n) is 2.75. The maximum atomic E-state index is 11.2. The number of carbonyl (C=O) groups is 1. The Balaban J connectivity index is 1.93. The third-order valence-corrected chi connectivity index (χ3v) is 2.75. The molecule has 7 nitrogen and oxygen atoms in total. The molecule has 0 aliphatic rings. The van der Waals surface area contributed by atoms with Crippen LogP contribution in [-0.2, 0) is 17.9 Å². The number of amides is 1. The van der Waals surface area contributed by atoms with Crippen molar-refractivity contribution < 1.29 is 15.0 Å². The second kappa shape index (κ2) is 5.96. The van der Waals surface area contributed by atoms with Crippen molar-refractivity contribution in [3.8, 4) is 11.5 Å². The van der Waals surface area contributed by atoms with Gasteiger partial charge in [0, 0.05) is 19.8 Å². The highest BCUT2D eigenvalue weighted by Crippen LogP contribution is 2.25. The Hall–Kier alpha value is -2.70. The molecule has 0 unspecified atom stereocenters. The highest BCUT2D eigenvalue weighted by Gasteiger charge is 2.04. The van der Waals surface area contributed by atoms with Gasteiger partial charge in [-0.15, -0.1) is 0 Å². The minimum Gasteiger partial charge on any atom is -0.504 e. The average Bonchev–Trinajstić information content (AvgIpc) is 2.87. The van der Waals surface area contributed by atoms with Gasteiger partial charge in [-0.2, -0.15) is 5.10 Å². The lowest BCUT2D eigenvalue weighted by atomic mass is 10.2. The lowest BCUT2D eigenvalue weighted by Crippen LogP contribution is -2.23. The molecule has 0 atom stereocenters. The number of phenolic OH excluding ortho intramolecular Hbond substituents is 2. The fraction of sp³-hybridized carbons (Fsp3) is 0.231. The summed E-state index contributed by atoms with van der Waals surface area (Å²) < 4.78 is 1.52. The number of nitrogens with one attached hydrogen (secondary N) is 2. The lowest BCUT2D eigenvalue weighted by Gasteiger charge is -2.05. The minimum absolute atomic E-state index is 0.122. The van der Waals surface area contributed by atoms with Crippen molar-refractivity contribution in [1.82, 2.24) is 15.1 Å². The van der Waals surface area contributed by atoms with Crippen LogP contribution in [0.25, 0.3) is 0 Å². The lowest BCUT2D eigenvalue weighted by molar-refractivity contribution is -0.121. The standard InChI is InChI=1S/C13H16N4O3/c1-14-13(20)8-17-7-10(6-16-17)15-5-9-2-3-11(18)12(19)4-9/h2-4,6-7,15,18-19H,5,8H2,1H3,(H,14,20). The van der Waals surface area contributed by atoms with Crippen LogP contribution in [0, 0.1) is 0 Å². The Labute approximate surface area is 115 Å². The molecule has 20 heavy (non-hydrogen) atoms. The van der Waals surface area contributed by atoms with E-state index in [4.69, 9.17) is 0 Å². The van der Waals surface area contributed by atoms with Crippen LogP contribution in [0.2, 0.25) is 0 Å². The van der Waals surface area contributed by atoms with Gasteiger partial charge < -0.3 is 20.8 Å². The number of aromatic nitrogens is 2. The maximum absolute atomic E-state index is 11.2. The SMILES string of the molecule is CNC(=O)Cn1cc(NCc2ccc(O)c(O)c2)cn1. The average molecular weight is 276 g/mol. The zero-order valence-electron chi connectivity index (χ0n) is 11.0. The summed E-state index contributed by atoms with van der Waals surface area (Å²) in [5.74, 6) is -0.421. The van der Waals surface area contributed by atoms with E-state index in [-0.39, 0.29) is 24.0 Å². The fourth-order valence-electron chi connectivity index (χ4n) is 1.65. The summed E-state index contributed by atoms with van der Waals surface area (Å²) in [6.45, 7) is 0.637. The maximum Gasteiger partial charge on any atom is 0.241 e. The minimum atomic E-state index is -0.153. The molecule has 0 aliphatic heterocycles.